The van der Waals surface area contributed by atoms with Crippen LogP contribution in [0.5, 0.6) is 0 Å². The monoisotopic (exact) mass is 289 g/mol. The van der Waals surface area contributed by atoms with Gasteiger partial charge in [0.2, 0.25) is 0 Å². The van der Waals surface area contributed by atoms with E-state index in [2.05, 4.69) is 9.99 Å². The summed E-state index contributed by atoms with van der Waals surface area (Å²) in [5, 5.41) is 13.4. The van der Waals surface area contributed by atoms with Gasteiger partial charge < -0.3 is 0 Å². The van der Waals surface area contributed by atoms with Crippen LogP contribution in [0, 0.1) is 10.1 Å². The van der Waals surface area contributed by atoms with E-state index in [9.17, 15) is 28.1 Å². The highest BCUT2D eigenvalue weighted by Gasteiger charge is 2.34. The van der Waals surface area contributed by atoms with Crippen LogP contribution in [-0.4, -0.2) is 39.6 Å². The third-order valence-electron chi connectivity index (χ3n) is 1.47. The van der Waals surface area contributed by atoms with E-state index >= 15 is 0 Å². The van der Waals surface area contributed by atoms with Crippen molar-refractivity contribution in [1.82, 2.24) is 4.31 Å². The predicted octanol–water partition coefficient (Wildman–Crippen LogP) is 2.26. The van der Waals surface area contributed by atoms with Gasteiger partial charge in [-0.3, -0.25) is 15.0 Å². The molecule has 7 nitrogen and oxygen atoms in total. The fourth-order valence-electron chi connectivity index (χ4n) is 0.498. The first-order valence-corrected chi connectivity index (χ1v) is 5.12. The molecule has 0 N–H and O–H groups in total. The molecule has 0 aromatic rings. The SMILES string of the molecule is CN(SC(F)(F)F)C(=O)ON=CC(C)(C)[N+](=O)[O-]. The molecular weight excluding hydrogens is 279 g/mol. The molecule has 0 fully saturated rings. The Morgan fingerprint density at radius 1 is 1.50 bits per heavy atom. The molecule has 0 aliphatic heterocycles. The molecule has 0 aliphatic carbocycles. The Bertz CT molecular complexity index is 358. The van der Waals surface area contributed by atoms with Crippen molar-refractivity contribution in [3.05, 3.63) is 10.1 Å². The van der Waals surface area contributed by atoms with Gasteiger partial charge in [-0.05, 0) is 0 Å². The molecule has 0 aliphatic rings. The zero-order valence-corrected chi connectivity index (χ0v) is 10.4. The van der Waals surface area contributed by atoms with E-state index in [1.54, 1.807) is 0 Å². The Labute approximate surface area is 104 Å². The van der Waals surface area contributed by atoms with Gasteiger partial charge in [0.05, 0.1) is 11.9 Å². The summed E-state index contributed by atoms with van der Waals surface area (Å²) in [5.74, 6) is 0. The molecule has 0 heterocycles. The fourth-order valence-corrected chi connectivity index (χ4v) is 0.916. The molecule has 0 unspecified atom stereocenters. The van der Waals surface area contributed by atoms with Gasteiger partial charge >= 0.3 is 11.6 Å². The van der Waals surface area contributed by atoms with Gasteiger partial charge in [-0.2, -0.15) is 13.2 Å². The van der Waals surface area contributed by atoms with Gasteiger partial charge in [-0.25, -0.2) is 9.10 Å². The van der Waals surface area contributed by atoms with E-state index in [1.807, 2.05) is 0 Å². The normalized spacial score (nSPS) is 12.6. The van der Waals surface area contributed by atoms with Crippen LogP contribution in [0.3, 0.4) is 0 Å². The van der Waals surface area contributed by atoms with Gasteiger partial charge in [0.25, 0.3) is 5.54 Å². The lowest BCUT2D eigenvalue weighted by Gasteiger charge is -2.14. The Kier molecular flexibility index (Phi) is 5.39. The van der Waals surface area contributed by atoms with Crippen LogP contribution in [-0.2, 0) is 4.84 Å². The lowest BCUT2D eigenvalue weighted by molar-refractivity contribution is -0.536. The highest BCUT2D eigenvalue weighted by atomic mass is 32.2. The van der Waals surface area contributed by atoms with Crippen molar-refractivity contribution in [3.8, 4) is 0 Å². The first-order valence-electron chi connectivity index (χ1n) is 4.35. The van der Waals surface area contributed by atoms with Gasteiger partial charge in [0.1, 0.15) is 6.21 Å². The van der Waals surface area contributed by atoms with Crippen LogP contribution in [0.2, 0.25) is 0 Å². The number of nitrogens with zero attached hydrogens (tertiary/aromatic N) is 3. The Hall–Kier alpha value is -1.52. The van der Waals surface area contributed by atoms with Crippen LogP contribution in [0.1, 0.15) is 13.8 Å². The zero-order chi connectivity index (χ0) is 14.6. The van der Waals surface area contributed by atoms with Crippen molar-refractivity contribution < 1.29 is 27.7 Å². The van der Waals surface area contributed by atoms with Crippen LogP contribution in [0.25, 0.3) is 0 Å². The van der Waals surface area contributed by atoms with Crippen molar-refractivity contribution in [2.24, 2.45) is 5.16 Å². The van der Waals surface area contributed by atoms with Crippen LogP contribution in [0.15, 0.2) is 5.16 Å². The Morgan fingerprint density at radius 2 is 2.00 bits per heavy atom. The summed E-state index contributed by atoms with van der Waals surface area (Å²) >= 11 is -0.720. The van der Waals surface area contributed by atoms with Crippen molar-refractivity contribution >= 4 is 24.3 Å². The number of oxime groups is 1. The highest BCUT2D eigenvalue weighted by molar-refractivity contribution is 7.98. The fraction of sp³-hybridized carbons (Fsp3) is 0.714. The van der Waals surface area contributed by atoms with Gasteiger partial charge in [0, 0.05) is 25.8 Å². The number of halogens is 3. The lowest BCUT2D eigenvalue weighted by atomic mass is 10.1. The van der Waals surface area contributed by atoms with E-state index in [-0.39, 0.29) is 4.31 Å². The van der Waals surface area contributed by atoms with E-state index in [1.165, 1.54) is 13.8 Å². The first-order chi connectivity index (χ1) is 7.96. The van der Waals surface area contributed by atoms with Crippen molar-refractivity contribution in [2.75, 3.05) is 7.05 Å². The molecule has 0 saturated carbocycles. The number of hydrogen-bond acceptors (Lipinski definition) is 6. The molecule has 0 rings (SSSR count). The molecule has 0 bridgehead atoms. The smallest absolute Gasteiger partial charge is 0.297 e. The summed E-state index contributed by atoms with van der Waals surface area (Å²) in [4.78, 5) is 24.8. The minimum Gasteiger partial charge on any atom is -0.297 e. The number of nitro groups is 1. The molecule has 104 valence electrons. The summed E-state index contributed by atoms with van der Waals surface area (Å²) in [5.41, 5.74) is -6.23. The first kappa shape index (κ1) is 16.5. The summed E-state index contributed by atoms with van der Waals surface area (Å²) in [6, 6.07) is 0. The molecule has 0 aromatic heterocycles. The van der Waals surface area contributed by atoms with E-state index < -0.39 is 34.0 Å². The maximum atomic E-state index is 11.9. The topological polar surface area (TPSA) is 85.0 Å². The minimum absolute atomic E-state index is 0.163. The Morgan fingerprint density at radius 3 is 2.39 bits per heavy atom. The second-order valence-electron chi connectivity index (χ2n) is 3.54. The number of alkyl halides is 3. The lowest BCUT2D eigenvalue weighted by Crippen LogP contribution is -2.33. The standard InChI is InChI=1S/C7H10F3N3O4S/c1-6(2,13(15)16)4-11-17-5(14)12(3)18-7(8,9)10/h4H,1-3H3. The predicted molar refractivity (Wildman–Crippen MR) is 57.5 cm³/mol. The van der Waals surface area contributed by atoms with Gasteiger partial charge in [-0.1, -0.05) is 5.16 Å². The van der Waals surface area contributed by atoms with Crippen molar-refractivity contribution in [3.63, 3.8) is 0 Å². The Balaban J connectivity index is 4.35. The molecule has 0 atom stereocenters. The van der Waals surface area contributed by atoms with Crippen LogP contribution >= 0.6 is 11.9 Å². The number of carbonyl (C=O) groups is 1. The van der Waals surface area contributed by atoms with Gasteiger partial charge in [-0.15, -0.1) is 0 Å². The average Bonchev–Trinajstić information content (AvgIpc) is 2.14. The van der Waals surface area contributed by atoms with Gasteiger partial charge in [0.15, 0.2) is 0 Å². The molecule has 0 spiro atoms. The molecule has 1 amide bonds. The highest BCUT2D eigenvalue weighted by Crippen LogP contribution is 2.32. The third kappa shape index (κ3) is 6.27. The van der Waals surface area contributed by atoms with Crippen molar-refractivity contribution in [1.29, 1.82) is 0 Å². The van der Waals surface area contributed by atoms with Crippen molar-refractivity contribution in [2.45, 2.75) is 24.9 Å². The number of carbonyl (C=O) groups excluding carboxylic acids is 1. The molecule has 18 heavy (non-hydrogen) atoms. The largest absolute Gasteiger partial charge is 0.461 e. The van der Waals surface area contributed by atoms with Crippen LogP contribution in [0.4, 0.5) is 18.0 Å². The van der Waals surface area contributed by atoms with Crippen LogP contribution < -0.4 is 0 Å². The quantitative estimate of drug-likeness (QED) is 0.260. The maximum Gasteiger partial charge on any atom is 0.461 e. The third-order valence-corrected chi connectivity index (χ3v) is 2.10. The molecule has 0 aromatic carbocycles. The molecular formula is C7H10F3N3O4S. The maximum absolute atomic E-state index is 11.9. The second kappa shape index (κ2) is 5.89. The number of amides is 1. The van der Waals surface area contributed by atoms with E-state index in [4.69, 9.17) is 0 Å². The average molecular weight is 289 g/mol. The molecule has 11 heteroatoms. The minimum atomic E-state index is -4.64. The second-order valence-corrected chi connectivity index (χ2v) is 4.73. The zero-order valence-electron chi connectivity index (χ0n) is 9.59. The number of rotatable bonds is 4. The number of hydrogen-bond donors (Lipinski definition) is 0. The summed E-state index contributed by atoms with van der Waals surface area (Å²) in [7, 11) is 0.828. The van der Waals surface area contributed by atoms with E-state index in [0.717, 1.165) is 7.05 Å². The van der Waals surface area contributed by atoms with E-state index in [0.29, 0.717) is 6.21 Å². The molecule has 0 radical (unpaired) electrons. The summed E-state index contributed by atoms with van der Waals surface area (Å²) in [6.45, 7) is 2.36. The summed E-state index contributed by atoms with van der Waals surface area (Å²) < 4.78 is 35.8. The summed E-state index contributed by atoms with van der Waals surface area (Å²) in [6.07, 6.45) is -0.690. The molecule has 0 saturated heterocycles.